The summed E-state index contributed by atoms with van der Waals surface area (Å²) in [5.41, 5.74) is 3.20. The molecule has 2 aromatic carbocycles. The van der Waals surface area contributed by atoms with Crippen molar-refractivity contribution in [2.45, 2.75) is 52.5 Å². The van der Waals surface area contributed by atoms with Gasteiger partial charge in [-0.05, 0) is 61.6 Å². The molecule has 0 atom stereocenters. The molecular formula is C28H40N2O3. The van der Waals surface area contributed by atoms with E-state index >= 15 is 0 Å². The van der Waals surface area contributed by atoms with Gasteiger partial charge < -0.3 is 14.4 Å². The van der Waals surface area contributed by atoms with E-state index in [4.69, 9.17) is 9.47 Å². The maximum atomic E-state index is 13.4. The summed E-state index contributed by atoms with van der Waals surface area (Å²) < 4.78 is 11.0. The van der Waals surface area contributed by atoms with E-state index in [0.29, 0.717) is 13.2 Å². The van der Waals surface area contributed by atoms with Crippen LogP contribution in [-0.4, -0.2) is 61.7 Å². The molecule has 0 unspecified atom stereocenters. The van der Waals surface area contributed by atoms with Crippen molar-refractivity contribution >= 4 is 5.91 Å². The van der Waals surface area contributed by atoms with E-state index in [2.05, 4.69) is 36.1 Å². The molecular weight excluding hydrogens is 412 g/mol. The lowest BCUT2D eigenvalue weighted by molar-refractivity contribution is 0.0355. The Morgan fingerprint density at radius 2 is 1.64 bits per heavy atom. The van der Waals surface area contributed by atoms with Crippen LogP contribution in [0.3, 0.4) is 0 Å². The molecule has 1 saturated heterocycles. The number of hydrogen-bond donors (Lipinski definition) is 0. The van der Waals surface area contributed by atoms with Gasteiger partial charge >= 0.3 is 0 Å². The van der Waals surface area contributed by atoms with Crippen LogP contribution in [0.15, 0.2) is 48.5 Å². The van der Waals surface area contributed by atoms with Crippen LogP contribution >= 0.6 is 0 Å². The van der Waals surface area contributed by atoms with E-state index in [-0.39, 0.29) is 5.91 Å². The summed E-state index contributed by atoms with van der Waals surface area (Å²) in [6, 6.07) is 16.3. The van der Waals surface area contributed by atoms with Crippen molar-refractivity contribution in [3.05, 3.63) is 65.2 Å². The van der Waals surface area contributed by atoms with Gasteiger partial charge in [-0.1, -0.05) is 44.0 Å². The highest BCUT2D eigenvalue weighted by Gasteiger charge is 2.17. The van der Waals surface area contributed by atoms with E-state index in [1.165, 1.54) is 24.8 Å². The van der Waals surface area contributed by atoms with Crippen LogP contribution in [0.25, 0.3) is 0 Å². The highest BCUT2D eigenvalue weighted by atomic mass is 16.5. The molecule has 1 aliphatic rings. The Bertz CT molecular complexity index is 814. The molecule has 0 radical (unpaired) electrons. The van der Waals surface area contributed by atoms with Crippen molar-refractivity contribution in [2.75, 3.05) is 46.0 Å². The number of morpholine rings is 1. The van der Waals surface area contributed by atoms with Crippen LogP contribution in [0, 0.1) is 0 Å². The Kier molecular flexibility index (Phi) is 10.7. The maximum Gasteiger partial charge on any atom is 0.254 e. The smallest absolute Gasteiger partial charge is 0.254 e. The van der Waals surface area contributed by atoms with Crippen LogP contribution in [0.4, 0.5) is 0 Å². The molecule has 1 aliphatic heterocycles. The molecule has 1 fully saturated rings. The van der Waals surface area contributed by atoms with Gasteiger partial charge in [-0.15, -0.1) is 0 Å². The molecule has 0 aliphatic carbocycles. The van der Waals surface area contributed by atoms with Crippen LogP contribution in [-0.2, 0) is 17.7 Å². The Morgan fingerprint density at radius 1 is 0.939 bits per heavy atom. The van der Waals surface area contributed by atoms with Crippen molar-refractivity contribution in [3.63, 3.8) is 0 Å². The molecule has 33 heavy (non-hydrogen) atoms. The van der Waals surface area contributed by atoms with E-state index < -0.39 is 0 Å². The zero-order valence-electron chi connectivity index (χ0n) is 20.4. The van der Waals surface area contributed by atoms with Crippen LogP contribution in [0.1, 0.15) is 61.0 Å². The highest BCUT2D eigenvalue weighted by molar-refractivity contribution is 5.94. The zero-order chi connectivity index (χ0) is 23.3. The third kappa shape index (κ3) is 8.49. The average Bonchev–Trinajstić information content (AvgIpc) is 2.85. The number of hydrogen-bond acceptors (Lipinski definition) is 4. The Balaban J connectivity index is 1.64. The number of aryl methyl sites for hydroxylation is 1. The Labute approximate surface area is 199 Å². The number of rotatable bonds is 13. The number of ether oxygens (including phenoxy) is 2. The van der Waals surface area contributed by atoms with Gasteiger partial charge in [0.15, 0.2) is 0 Å². The molecule has 2 aromatic rings. The van der Waals surface area contributed by atoms with Gasteiger partial charge in [0, 0.05) is 38.3 Å². The number of carbonyl (C=O) groups excluding carboxylic acids is 1. The Hall–Kier alpha value is -2.37. The lowest BCUT2D eigenvalue weighted by Gasteiger charge is -2.28. The second-order valence-electron chi connectivity index (χ2n) is 8.77. The van der Waals surface area contributed by atoms with Crippen LogP contribution in [0.2, 0.25) is 0 Å². The van der Waals surface area contributed by atoms with Gasteiger partial charge in [-0.25, -0.2) is 0 Å². The first kappa shape index (κ1) is 25.3. The van der Waals surface area contributed by atoms with E-state index in [9.17, 15) is 4.79 Å². The second-order valence-corrected chi connectivity index (χ2v) is 8.77. The summed E-state index contributed by atoms with van der Waals surface area (Å²) in [6.45, 7) is 10.8. The van der Waals surface area contributed by atoms with Gasteiger partial charge in [0.05, 0.1) is 19.8 Å². The number of amides is 1. The topological polar surface area (TPSA) is 42.0 Å². The SMILES string of the molecule is CCCCCc1ccc(C(=O)N(CCCN2CCOCC2)Cc2ccc(OCC)cc2)cc1. The van der Waals surface area contributed by atoms with Crippen molar-refractivity contribution in [3.8, 4) is 5.75 Å². The van der Waals surface area contributed by atoms with E-state index in [1.54, 1.807) is 0 Å². The van der Waals surface area contributed by atoms with E-state index in [0.717, 1.165) is 69.1 Å². The number of carbonyl (C=O) groups is 1. The maximum absolute atomic E-state index is 13.4. The highest BCUT2D eigenvalue weighted by Crippen LogP contribution is 2.17. The van der Waals surface area contributed by atoms with Crippen molar-refractivity contribution in [1.82, 2.24) is 9.80 Å². The molecule has 180 valence electrons. The van der Waals surface area contributed by atoms with Crippen molar-refractivity contribution in [1.29, 1.82) is 0 Å². The van der Waals surface area contributed by atoms with E-state index in [1.807, 2.05) is 36.1 Å². The molecule has 0 N–H and O–H groups in total. The molecule has 3 rings (SSSR count). The molecule has 0 saturated carbocycles. The van der Waals surface area contributed by atoms with Gasteiger partial charge in [0.25, 0.3) is 5.91 Å². The third-order valence-electron chi connectivity index (χ3n) is 6.17. The van der Waals surface area contributed by atoms with Gasteiger partial charge in [-0.3, -0.25) is 9.69 Å². The zero-order valence-corrected chi connectivity index (χ0v) is 20.4. The first-order valence-corrected chi connectivity index (χ1v) is 12.6. The fourth-order valence-electron chi connectivity index (χ4n) is 4.22. The third-order valence-corrected chi connectivity index (χ3v) is 6.17. The minimum atomic E-state index is 0.103. The largest absolute Gasteiger partial charge is 0.494 e. The first-order valence-electron chi connectivity index (χ1n) is 12.6. The molecule has 5 heteroatoms. The van der Waals surface area contributed by atoms with Crippen LogP contribution in [0.5, 0.6) is 5.75 Å². The lowest BCUT2D eigenvalue weighted by Crippen LogP contribution is -2.39. The quantitative estimate of drug-likeness (QED) is 0.393. The molecule has 1 heterocycles. The van der Waals surface area contributed by atoms with Crippen LogP contribution < -0.4 is 4.74 Å². The normalized spacial score (nSPS) is 14.2. The molecule has 1 amide bonds. The summed E-state index contributed by atoms with van der Waals surface area (Å²) in [5.74, 6) is 0.969. The van der Waals surface area contributed by atoms with Gasteiger partial charge in [0.2, 0.25) is 0 Å². The number of nitrogens with zero attached hydrogens (tertiary/aromatic N) is 2. The monoisotopic (exact) mass is 452 g/mol. The summed E-state index contributed by atoms with van der Waals surface area (Å²) in [7, 11) is 0. The lowest BCUT2D eigenvalue weighted by atomic mass is 10.0. The van der Waals surface area contributed by atoms with Crippen molar-refractivity contribution < 1.29 is 14.3 Å². The standard InChI is InChI=1S/C28H40N2O3/c1-3-5-6-8-24-9-13-26(14-10-24)28(31)30(18-7-17-29-19-21-32-22-20-29)23-25-11-15-27(16-12-25)33-4-2/h9-16H,3-8,17-23H2,1-2H3. The second kappa shape index (κ2) is 14.0. The fraction of sp³-hybridized carbons (Fsp3) is 0.536. The number of benzene rings is 2. The summed E-state index contributed by atoms with van der Waals surface area (Å²) in [4.78, 5) is 17.9. The minimum Gasteiger partial charge on any atom is -0.494 e. The fourth-order valence-corrected chi connectivity index (χ4v) is 4.22. The average molecular weight is 453 g/mol. The molecule has 5 nitrogen and oxygen atoms in total. The summed E-state index contributed by atoms with van der Waals surface area (Å²) in [5, 5.41) is 0. The van der Waals surface area contributed by atoms with Gasteiger partial charge in [0.1, 0.15) is 5.75 Å². The molecule has 0 bridgehead atoms. The summed E-state index contributed by atoms with van der Waals surface area (Å²) in [6.07, 6.45) is 5.71. The Morgan fingerprint density at radius 3 is 2.30 bits per heavy atom. The summed E-state index contributed by atoms with van der Waals surface area (Å²) >= 11 is 0. The number of unbranched alkanes of at least 4 members (excludes halogenated alkanes) is 2. The first-order chi connectivity index (χ1) is 16.2. The predicted molar refractivity (Wildman–Crippen MR) is 134 cm³/mol. The molecule has 0 aromatic heterocycles. The molecule has 0 spiro atoms. The minimum absolute atomic E-state index is 0.103. The van der Waals surface area contributed by atoms with Gasteiger partial charge in [-0.2, -0.15) is 0 Å². The predicted octanol–water partition coefficient (Wildman–Crippen LogP) is 5.18. The van der Waals surface area contributed by atoms with Crippen molar-refractivity contribution in [2.24, 2.45) is 0 Å².